The van der Waals surface area contributed by atoms with Crippen LogP contribution in [-0.2, 0) is 21.2 Å². The molecule has 0 saturated heterocycles. The Hall–Kier alpha value is -1.91. The largest absolute Gasteiger partial charge is 0.431 e. The van der Waals surface area contributed by atoms with Gasteiger partial charge in [0.15, 0.2) is 11.4 Å². The SMILES string of the molecule is CN(C)S(=O)(=O)c1ccc2oc(SCc3noc(C(C)(C)C)n3)nc2c1. The summed E-state index contributed by atoms with van der Waals surface area (Å²) >= 11 is 1.32. The molecule has 0 saturated carbocycles. The molecular weight excluding hydrogens is 376 g/mol. The van der Waals surface area contributed by atoms with Gasteiger partial charge >= 0.3 is 0 Å². The molecule has 0 aliphatic heterocycles. The zero-order valence-electron chi connectivity index (χ0n) is 15.2. The first-order valence-corrected chi connectivity index (χ1v) is 10.3. The second-order valence-corrected chi connectivity index (χ2v) is 10.0. The molecule has 2 heterocycles. The lowest BCUT2D eigenvalue weighted by Gasteiger charge is -2.10. The first-order valence-electron chi connectivity index (χ1n) is 7.86. The van der Waals surface area contributed by atoms with E-state index >= 15 is 0 Å². The number of hydrogen-bond acceptors (Lipinski definition) is 8. The fourth-order valence-corrected chi connectivity index (χ4v) is 3.67. The molecule has 10 heteroatoms. The normalized spacial score (nSPS) is 13.0. The smallest absolute Gasteiger partial charge is 0.257 e. The quantitative estimate of drug-likeness (QED) is 0.606. The molecule has 1 aromatic carbocycles. The van der Waals surface area contributed by atoms with Crippen molar-refractivity contribution in [2.45, 2.75) is 42.1 Å². The van der Waals surface area contributed by atoms with Crippen LogP contribution in [0.3, 0.4) is 0 Å². The fraction of sp³-hybridized carbons (Fsp3) is 0.438. The highest BCUT2D eigenvalue weighted by Gasteiger charge is 2.22. The lowest BCUT2D eigenvalue weighted by Crippen LogP contribution is -2.22. The predicted molar refractivity (Wildman–Crippen MR) is 97.4 cm³/mol. The van der Waals surface area contributed by atoms with Crippen molar-refractivity contribution in [3.63, 3.8) is 0 Å². The van der Waals surface area contributed by atoms with Gasteiger partial charge in [0.25, 0.3) is 5.22 Å². The molecular formula is C16H20N4O4S2. The van der Waals surface area contributed by atoms with Gasteiger partial charge in [-0.05, 0) is 18.2 Å². The Morgan fingerprint density at radius 2 is 1.92 bits per heavy atom. The zero-order valence-corrected chi connectivity index (χ0v) is 16.8. The average Bonchev–Trinajstić information content (AvgIpc) is 3.18. The van der Waals surface area contributed by atoms with Crippen LogP contribution in [-0.4, -0.2) is 41.9 Å². The molecule has 0 N–H and O–H groups in total. The Morgan fingerprint density at radius 1 is 1.19 bits per heavy atom. The average molecular weight is 396 g/mol. The van der Waals surface area contributed by atoms with Crippen molar-refractivity contribution in [1.82, 2.24) is 19.4 Å². The summed E-state index contributed by atoms with van der Waals surface area (Å²) < 4.78 is 36.5. The van der Waals surface area contributed by atoms with E-state index in [-0.39, 0.29) is 10.3 Å². The summed E-state index contributed by atoms with van der Waals surface area (Å²) in [6, 6.07) is 4.62. The van der Waals surface area contributed by atoms with E-state index in [1.165, 1.54) is 38.0 Å². The molecule has 0 unspecified atom stereocenters. The van der Waals surface area contributed by atoms with Crippen LogP contribution in [0, 0.1) is 0 Å². The number of fused-ring (bicyclic) bond motifs is 1. The van der Waals surface area contributed by atoms with Crippen LogP contribution < -0.4 is 0 Å². The molecule has 0 amide bonds. The minimum Gasteiger partial charge on any atom is -0.431 e. The highest BCUT2D eigenvalue weighted by Crippen LogP contribution is 2.28. The van der Waals surface area contributed by atoms with Gasteiger partial charge in [-0.25, -0.2) is 17.7 Å². The van der Waals surface area contributed by atoms with E-state index in [9.17, 15) is 8.42 Å². The van der Waals surface area contributed by atoms with Crippen LogP contribution in [0.4, 0.5) is 0 Å². The van der Waals surface area contributed by atoms with Gasteiger partial charge in [0, 0.05) is 19.5 Å². The monoisotopic (exact) mass is 396 g/mol. The van der Waals surface area contributed by atoms with Crippen molar-refractivity contribution in [2.24, 2.45) is 0 Å². The highest BCUT2D eigenvalue weighted by atomic mass is 32.2. The van der Waals surface area contributed by atoms with E-state index in [0.717, 1.165) is 4.31 Å². The standard InChI is InChI=1S/C16H20N4O4S2/c1-16(2,3)14-18-13(19-24-14)9-25-15-17-11-8-10(6-7-12(11)23-15)26(21,22)20(4)5/h6-8H,9H2,1-5H3. The molecule has 8 nitrogen and oxygen atoms in total. The molecule has 0 bridgehead atoms. The summed E-state index contributed by atoms with van der Waals surface area (Å²) in [5.41, 5.74) is 0.801. The molecule has 26 heavy (non-hydrogen) atoms. The number of benzene rings is 1. The van der Waals surface area contributed by atoms with E-state index in [2.05, 4.69) is 15.1 Å². The first-order chi connectivity index (χ1) is 12.1. The maximum Gasteiger partial charge on any atom is 0.257 e. The van der Waals surface area contributed by atoms with Gasteiger partial charge in [-0.2, -0.15) is 4.98 Å². The van der Waals surface area contributed by atoms with Crippen molar-refractivity contribution < 1.29 is 17.4 Å². The van der Waals surface area contributed by atoms with Crippen molar-refractivity contribution >= 4 is 32.9 Å². The summed E-state index contributed by atoms with van der Waals surface area (Å²) in [4.78, 5) is 8.88. The van der Waals surface area contributed by atoms with Crippen LogP contribution in [0.15, 0.2) is 37.3 Å². The molecule has 0 aliphatic carbocycles. The Balaban J connectivity index is 1.78. The summed E-state index contributed by atoms with van der Waals surface area (Å²) in [5.74, 6) is 1.57. The number of nitrogens with zero attached hydrogens (tertiary/aromatic N) is 4. The summed E-state index contributed by atoms with van der Waals surface area (Å²) in [7, 11) is -0.540. The zero-order chi connectivity index (χ0) is 19.1. The fourth-order valence-electron chi connectivity index (χ4n) is 2.06. The Kier molecular flexibility index (Phi) is 4.84. The third-order valence-corrected chi connectivity index (χ3v) is 6.19. The van der Waals surface area contributed by atoms with Gasteiger partial charge in [0.05, 0.1) is 10.6 Å². The third-order valence-electron chi connectivity index (χ3n) is 3.55. The minimum absolute atomic E-state index is 0.174. The summed E-state index contributed by atoms with van der Waals surface area (Å²) in [6.07, 6.45) is 0. The summed E-state index contributed by atoms with van der Waals surface area (Å²) in [6.45, 7) is 5.99. The van der Waals surface area contributed by atoms with Crippen LogP contribution in [0.1, 0.15) is 32.5 Å². The molecule has 140 valence electrons. The number of hydrogen-bond donors (Lipinski definition) is 0. The van der Waals surface area contributed by atoms with Gasteiger partial charge in [0.2, 0.25) is 15.9 Å². The number of oxazole rings is 1. The van der Waals surface area contributed by atoms with E-state index in [0.29, 0.717) is 33.8 Å². The van der Waals surface area contributed by atoms with Gasteiger partial charge in [-0.1, -0.05) is 37.7 Å². The van der Waals surface area contributed by atoms with Crippen molar-refractivity contribution in [3.8, 4) is 0 Å². The Bertz CT molecular complexity index is 1030. The molecule has 3 rings (SSSR count). The van der Waals surface area contributed by atoms with Crippen LogP contribution in [0.25, 0.3) is 11.1 Å². The van der Waals surface area contributed by atoms with Gasteiger partial charge < -0.3 is 8.94 Å². The second kappa shape index (κ2) is 6.67. The Morgan fingerprint density at radius 3 is 2.54 bits per heavy atom. The topological polar surface area (TPSA) is 102 Å². The highest BCUT2D eigenvalue weighted by molar-refractivity contribution is 7.98. The third kappa shape index (κ3) is 3.76. The number of sulfonamides is 1. The summed E-state index contributed by atoms with van der Waals surface area (Å²) in [5, 5.41) is 4.37. The Labute approximate surface area is 156 Å². The lowest BCUT2D eigenvalue weighted by atomic mass is 9.97. The van der Waals surface area contributed by atoms with Crippen LogP contribution >= 0.6 is 11.8 Å². The molecule has 2 aromatic heterocycles. The van der Waals surface area contributed by atoms with Crippen LogP contribution in [0.2, 0.25) is 0 Å². The molecule has 0 atom stereocenters. The molecule has 0 aliphatic rings. The van der Waals surface area contributed by atoms with Gasteiger partial charge in [0.1, 0.15) is 5.52 Å². The molecule has 0 radical (unpaired) electrons. The lowest BCUT2D eigenvalue weighted by molar-refractivity contribution is 0.319. The maximum atomic E-state index is 12.2. The van der Waals surface area contributed by atoms with Gasteiger partial charge in [-0.3, -0.25) is 0 Å². The minimum atomic E-state index is -3.51. The molecule has 0 spiro atoms. The molecule has 0 fully saturated rings. The number of rotatable bonds is 5. The van der Waals surface area contributed by atoms with Gasteiger partial charge in [-0.15, -0.1) is 0 Å². The maximum absolute atomic E-state index is 12.2. The van der Waals surface area contributed by atoms with E-state index in [1.807, 2.05) is 20.8 Å². The molecule has 3 aromatic rings. The number of thioether (sulfide) groups is 1. The van der Waals surface area contributed by atoms with Crippen molar-refractivity contribution in [2.75, 3.05) is 14.1 Å². The van der Waals surface area contributed by atoms with Crippen LogP contribution in [0.5, 0.6) is 0 Å². The van der Waals surface area contributed by atoms with E-state index < -0.39 is 10.0 Å². The van der Waals surface area contributed by atoms with Crippen molar-refractivity contribution in [3.05, 3.63) is 29.9 Å². The first kappa shape index (κ1) is 18.9. The number of aromatic nitrogens is 3. The van der Waals surface area contributed by atoms with Crippen molar-refractivity contribution in [1.29, 1.82) is 0 Å². The predicted octanol–water partition coefficient (Wildman–Crippen LogP) is 3.05. The second-order valence-electron chi connectivity index (χ2n) is 6.95. The van der Waals surface area contributed by atoms with E-state index in [1.54, 1.807) is 6.07 Å². The van der Waals surface area contributed by atoms with E-state index in [4.69, 9.17) is 8.94 Å².